The van der Waals surface area contributed by atoms with Crippen LogP contribution in [0.2, 0.25) is 0 Å². The van der Waals surface area contributed by atoms with Gasteiger partial charge in [-0.15, -0.1) is 0 Å². The predicted molar refractivity (Wildman–Crippen MR) is 79.8 cm³/mol. The van der Waals surface area contributed by atoms with Crippen molar-refractivity contribution in [2.75, 3.05) is 5.32 Å². The summed E-state index contributed by atoms with van der Waals surface area (Å²) >= 11 is 3.38. The summed E-state index contributed by atoms with van der Waals surface area (Å²) in [5, 5.41) is 12.2. The third kappa shape index (κ3) is 3.33. The first-order valence-electron chi connectivity index (χ1n) is 6.11. The van der Waals surface area contributed by atoms with E-state index in [-0.39, 0.29) is 0 Å². The van der Waals surface area contributed by atoms with Crippen molar-refractivity contribution in [2.24, 2.45) is 0 Å². The summed E-state index contributed by atoms with van der Waals surface area (Å²) in [5.41, 5.74) is 3.92. The van der Waals surface area contributed by atoms with Crippen LogP contribution in [0.5, 0.6) is 0 Å². The summed E-state index contributed by atoms with van der Waals surface area (Å²) in [7, 11) is 0. The molecule has 0 saturated heterocycles. The minimum atomic E-state index is 0.637. The molecular formula is C15H14BrN3. The van der Waals surface area contributed by atoms with Gasteiger partial charge in [-0.05, 0) is 52.2 Å². The summed E-state index contributed by atoms with van der Waals surface area (Å²) in [6, 6.07) is 11.8. The quantitative estimate of drug-likeness (QED) is 0.931. The highest BCUT2D eigenvalue weighted by atomic mass is 79.9. The van der Waals surface area contributed by atoms with Gasteiger partial charge in [0, 0.05) is 16.4 Å². The monoisotopic (exact) mass is 315 g/mol. The van der Waals surface area contributed by atoms with Gasteiger partial charge in [-0.1, -0.05) is 13.0 Å². The van der Waals surface area contributed by atoms with Gasteiger partial charge >= 0.3 is 0 Å². The van der Waals surface area contributed by atoms with E-state index in [2.05, 4.69) is 45.3 Å². The molecule has 0 aliphatic heterocycles. The molecule has 0 aliphatic carbocycles. The summed E-state index contributed by atoms with van der Waals surface area (Å²) in [6.07, 6.45) is 2.78. The van der Waals surface area contributed by atoms with E-state index in [1.54, 1.807) is 6.07 Å². The number of pyridine rings is 1. The minimum Gasteiger partial charge on any atom is -0.379 e. The van der Waals surface area contributed by atoms with E-state index in [1.165, 1.54) is 5.56 Å². The molecule has 3 nitrogen and oxygen atoms in total. The Morgan fingerprint density at radius 2 is 2.21 bits per heavy atom. The number of aromatic nitrogens is 1. The molecule has 0 saturated carbocycles. The van der Waals surface area contributed by atoms with Crippen LogP contribution in [-0.4, -0.2) is 4.98 Å². The summed E-state index contributed by atoms with van der Waals surface area (Å²) < 4.78 is 0.803. The molecule has 19 heavy (non-hydrogen) atoms. The zero-order chi connectivity index (χ0) is 13.7. The zero-order valence-corrected chi connectivity index (χ0v) is 12.2. The Kier molecular flexibility index (Phi) is 4.53. The van der Waals surface area contributed by atoms with Crippen LogP contribution in [0.4, 0.5) is 5.69 Å². The number of halogens is 1. The SMILES string of the molecule is CCc1cccnc1CNc1ccc(C#N)c(Br)c1. The number of nitrogens with zero attached hydrogens (tertiary/aromatic N) is 2. The average Bonchev–Trinajstić information content (AvgIpc) is 2.45. The molecule has 0 aliphatic rings. The number of nitriles is 1. The molecule has 2 rings (SSSR count). The van der Waals surface area contributed by atoms with E-state index < -0.39 is 0 Å². The number of anilines is 1. The van der Waals surface area contributed by atoms with Crippen LogP contribution in [-0.2, 0) is 13.0 Å². The van der Waals surface area contributed by atoms with E-state index in [4.69, 9.17) is 5.26 Å². The van der Waals surface area contributed by atoms with E-state index in [0.29, 0.717) is 12.1 Å². The lowest BCUT2D eigenvalue weighted by molar-refractivity contribution is 0.972. The Morgan fingerprint density at radius 3 is 2.89 bits per heavy atom. The van der Waals surface area contributed by atoms with Gasteiger partial charge in [0.05, 0.1) is 17.8 Å². The third-order valence-electron chi connectivity index (χ3n) is 2.91. The fourth-order valence-corrected chi connectivity index (χ4v) is 2.32. The van der Waals surface area contributed by atoms with Crippen molar-refractivity contribution in [1.82, 2.24) is 4.98 Å². The minimum absolute atomic E-state index is 0.637. The second kappa shape index (κ2) is 6.35. The maximum atomic E-state index is 8.88. The van der Waals surface area contributed by atoms with Crippen LogP contribution < -0.4 is 5.32 Å². The molecular weight excluding hydrogens is 302 g/mol. The number of benzene rings is 1. The summed E-state index contributed by atoms with van der Waals surface area (Å²) in [5.74, 6) is 0. The second-order valence-electron chi connectivity index (χ2n) is 4.12. The van der Waals surface area contributed by atoms with E-state index in [9.17, 15) is 0 Å². The van der Waals surface area contributed by atoms with Gasteiger partial charge in [0.1, 0.15) is 6.07 Å². The van der Waals surface area contributed by atoms with Crippen molar-refractivity contribution in [3.8, 4) is 6.07 Å². The number of hydrogen-bond acceptors (Lipinski definition) is 3. The molecule has 0 radical (unpaired) electrons. The van der Waals surface area contributed by atoms with E-state index in [1.807, 2.05) is 24.4 Å². The molecule has 0 unspecified atom stereocenters. The van der Waals surface area contributed by atoms with Crippen LogP contribution in [0.1, 0.15) is 23.7 Å². The lowest BCUT2D eigenvalue weighted by Crippen LogP contribution is -2.04. The standard InChI is InChI=1S/C15H14BrN3/c1-2-11-4-3-7-18-15(11)10-19-13-6-5-12(9-17)14(16)8-13/h3-8,19H,2,10H2,1H3. The highest BCUT2D eigenvalue weighted by Crippen LogP contribution is 2.21. The molecule has 0 fully saturated rings. The number of hydrogen-bond donors (Lipinski definition) is 1. The van der Waals surface area contributed by atoms with Gasteiger partial charge in [0.25, 0.3) is 0 Å². The second-order valence-corrected chi connectivity index (χ2v) is 4.98. The molecule has 4 heteroatoms. The van der Waals surface area contributed by atoms with Gasteiger partial charge in [0.15, 0.2) is 0 Å². The van der Waals surface area contributed by atoms with Crippen molar-refractivity contribution in [2.45, 2.75) is 19.9 Å². The molecule has 1 heterocycles. The van der Waals surface area contributed by atoms with Crippen LogP contribution in [0, 0.1) is 11.3 Å². The van der Waals surface area contributed by atoms with Gasteiger partial charge in [-0.3, -0.25) is 4.98 Å². The molecule has 0 amide bonds. The fraction of sp³-hybridized carbons (Fsp3) is 0.200. The molecule has 1 aromatic heterocycles. The maximum absolute atomic E-state index is 8.88. The first-order chi connectivity index (χ1) is 9.24. The van der Waals surface area contributed by atoms with Gasteiger partial charge in [0.2, 0.25) is 0 Å². The van der Waals surface area contributed by atoms with Gasteiger partial charge < -0.3 is 5.32 Å². The summed E-state index contributed by atoms with van der Waals surface area (Å²) in [6.45, 7) is 2.81. The van der Waals surface area contributed by atoms with Crippen molar-refractivity contribution in [1.29, 1.82) is 5.26 Å². The number of rotatable bonds is 4. The Morgan fingerprint density at radius 1 is 1.37 bits per heavy atom. The molecule has 0 atom stereocenters. The van der Waals surface area contributed by atoms with Crippen LogP contribution >= 0.6 is 15.9 Å². The molecule has 0 spiro atoms. The van der Waals surface area contributed by atoms with Crippen molar-refractivity contribution >= 4 is 21.6 Å². The molecule has 96 valence electrons. The maximum Gasteiger partial charge on any atom is 0.100 e. The topological polar surface area (TPSA) is 48.7 Å². The number of nitrogens with one attached hydrogen (secondary N) is 1. The Balaban J connectivity index is 2.11. The summed E-state index contributed by atoms with van der Waals surface area (Å²) in [4.78, 5) is 4.39. The predicted octanol–water partition coefficient (Wildman–Crippen LogP) is 3.89. The highest BCUT2D eigenvalue weighted by molar-refractivity contribution is 9.10. The van der Waals surface area contributed by atoms with Gasteiger partial charge in [-0.25, -0.2) is 0 Å². The average molecular weight is 316 g/mol. The Labute approximate surface area is 121 Å². The van der Waals surface area contributed by atoms with E-state index in [0.717, 1.165) is 22.3 Å². The van der Waals surface area contributed by atoms with Crippen LogP contribution in [0.15, 0.2) is 41.0 Å². The first kappa shape index (κ1) is 13.6. The lowest BCUT2D eigenvalue weighted by atomic mass is 10.1. The normalized spacial score (nSPS) is 9.95. The zero-order valence-electron chi connectivity index (χ0n) is 10.7. The fourth-order valence-electron chi connectivity index (χ4n) is 1.85. The van der Waals surface area contributed by atoms with Crippen molar-refractivity contribution < 1.29 is 0 Å². The molecule has 2 aromatic rings. The Hall–Kier alpha value is -1.86. The lowest BCUT2D eigenvalue weighted by Gasteiger charge is -2.10. The van der Waals surface area contributed by atoms with Crippen LogP contribution in [0.25, 0.3) is 0 Å². The molecule has 1 N–H and O–H groups in total. The first-order valence-corrected chi connectivity index (χ1v) is 6.90. The van der Waals surface area contributed by atoms with Crippen LogP contribution in [0.3, 0.4) is 0 Å². The largest absolute Gasteiger partial charge is 0.379 e. The van der Waals surface area contributed by atoms with Crippen molar-refractivity contribution in [3.05, 3.63) is 57.8 Å². The Bertz CT molecular complexity index is 617. The van der Waals surface area contributed by atoms with E-state index >= 15 is 0 Å². The third-order valence-corrected chi connectivity index (χ3v) is 3.57. The van der Waals surface area contributed by atoms with Gasteiger partial charge in [-0.2, -0.15) is 5.26 Å². The highest BCUT2D eigenvalue weighted by Gasteiger charge is 2.03. The number of aryl methyl sites for hydroxylation is 1. The smallest absolute Gasteiger partial charge is 0.100 e. The molecule has 1 aromatic carbocycles. The van der Waals surface area contributed by atoms with Crippen molar-refractivity contribution in [3.63, 3.8) is 0 Å². The molecule has 0 bridgehead atoms.